The summed E-state index contributed by atoms with van der Waals surface area (Å²) in [5.74, 6) is -0.364. The molecule has 0 aromatic heterocycles. The van der Waals surface area contributed by atoms with E-state index in [9.17, 15) is 23.1 Å². The Hall–Kier alpha value is -1.56. The average molecular weight is 329 g/mol. The van der Waals surface area contributed by atoms with Crippen LogP contribution in [-0.2, 0) is 17.4 Å². The standard InChI is InChI=1S/C17H22F3NO2/c1-11(16(23)21-7-6-14(10-21)12(2)22)8-13-4-3-5-15(9-13)17(18,19)20/h3-5,9,11-12,14,22H,6-8,10H2,1-2H3. The van der Waals surface area contributed by atoms with Crippen LogP contribution in [0, 0.1) is 11.8 Å². The molecule has 0 aliphatic carbocycles. The highest BCUT2D eigenvalue weighted by atomic mass is 19.4. The highest BCUT2D eigenvalue weighted by Gasteiger charge is 2.32. The second-order valence-electron chi connectivity index (χ2n) is 6.38. The molecule has 23 heavy (non-hydrogen) atoms. The van der Waals surface area contributed by atoms with Gasteiger partial charge < -0.3 is 10.0 Å². The van der Waals surface area contributed by atoms with Crippen molar-refractivity contribution in [2.45, 2.75) is 39.0 Å². The smallest absolute Gasteiger partial charge is 0.393 e. The zero-order valence-corrected chi connectivity index (χ0v) is 13.3. The lowest BCUT2D eigenvalue weighted by Gasteiger charge is -2.22. The molecule has 3 atom stereocenters. The number of likely N-dealkylation sites (tertiary alicyclic amines) is 1. The van der Waals surface area contributed by atoms with Gasteiger partial charge in [0.2, 0.25) is 5.91 Å². The van der Waals surface area contributed by atoms with Crippen LogP contribution in [0.1, 0.15) is 31.4 Å². The van der Waals surface area contributed by atoms with Crippen LogP contribution in [0.25, 0.3) is 0 Å². The van der Waals surface area contributed by atoms with Crippen LogP contribution in [0.15, 0.2) is 24.3 Å². The van der Waals surface area contributed by atoms with E-state index in [1.165, 1.54) is 6.07 Å². The van der Waals surface area contributed by atoms with E-state index < -0.39 is 17.8 Å². The van der Waals surface area contributed by atoms with Gasteiger partial charge in [-0.05, 0) is 31.4 Å². The summed E-state index contributed by atoms with van der Waals surface area (Å²) in [6, 6.07) is 5.12. The molecule has 1 aromatic carbocycles. The first-order valence-electron chi connectivity index (χ1n) is 7.81. The number of halogens is 3. The number of benzene rings is 1. The van der Waals surface area contributed by atoms with E-state index in [-0.39, 0.29) is 24.2 Å². The van der Waals surface area contributed by atoms with Gasteiger partial charge in [0.15, 0.2) is 0 Å². The van der Waals surface area contributed by atoms with Gasteiger partial charge in [-0.1, -0.05) is 25.1 Å². The summed E-state index contributed by atoms with van der Waals surface area (Å²) in [6.45, 7) is 4.56. The van der Waals surface area contributed by atoms with Crippen molar-refractivity contribution in [1.29, 1.82) is 0 Å². The van der Waals surface area contributed by atoms with Crippen LogP contribution in [-0.4, -0.2) is 35.1 Å². The summed E-state index contributed by atoms with van der Waals surface area (Å²) in [6.07, 6.45) is -3.78. The Morgan fingerprint density at radius 3 is 2.65 bits per heavy atom. The van der Waals surface area contributed by atoms with Crippen LogP contribution in [0.4, 0.5) is 13.2 Å². The Kier molecular flexibility index (Phi) is 5.34. The quantitative estimate of drug-likeness (QED) is 0.922. The molecule has 1 aliphatic rings. The number of carbonyl (C=O) groups is 1. The minimum Gasteiger partial charge on any atom is -0.393 e. The van der Waals surface area contributed by atoms with Crippen molar-refractivity contribution in [3.05, 3.63) is 35.4 Å². The summed E-state index contributed by atoms with van der Waals surface area (Å²) in [5, 5.41) is 9.59. The Morgan fingerprint density at radius 2 is 2.09 bits per heavy atom. The van der Waals surface area contributed by atoms with E-state index in [4.69, 9.17) is 0 Å². The highest BCUT2D eigenvalue weighted by Crippen LogP contribution is 2.30. The summed E-state index contributed by atoms with van der Waals surface area (Å²) in [4.78, 5) is 14.1. The van der Waals surface area contributed by atoms with Gasteiger partial charge in [0.1, 0.15) is 0 Å². The predicted octanol–water partition coefficient (Wildman–Crippen LogP) is 3.11. The lowest BCUT2D eigenvalue weighted by atomic mass is 9.98. The molecule has 2 rings (SSSR count). The number of rotatable bonds is 4. The second-order valence-corrected chi connectivity index (χ2v) is 6.38. The van der Waals surface area contributed by atoms with Crippen LogP contribution in [0.3, 0.4) is 0 Å². The third-order valence-electron chi connectivity index (χ3n) is 4.44. The minimum atomic E-state index is -4.37. The second kappa shape index (κ2) is 6.91. The zero-order valence-electron chi connectivity index (χ0n) is 13.3. The number of aliphatic hydroxyl groups excluding tert-OH is 1. The van der Waals surface area contributed by atoms with Crippen molar-refractivity contribution in [3.63, 3.8) is 0 Å². The third-order valence-corrected chi connectivity index (χ3v) is 4.44. The van der Waals surface area contributed by atoms with Crippen LogP contribution in [0.2, 0.25) is 0 Å². The number of hydrogen-bond acceptors (Lipinski definition) is 2. The Balaban J connectivity index is 1.99. The monoisotopic (exact) mass is 329 g/mol. The Morgan fingerprint density at radius 1 is 1.39 bits per heavy atom. The van der Waals surface area contributed by atoms with Gasteiger partial charge in [-0.15, -0.1) is 0 Å². The van der Waals surface area contributed by atoms with Gasteiger partial charge in [0.05, 0.1) is 11.7 Å². The normalized spacial score (nSPS) is 21.3. The number of hydrogen-bond donors (Lipinski definition) is 1. The van der Waals surface area contributed by atoms with E-state index in [1.807, 2.05) is 0 Å². The van der Waals surface area contributed by atoms with Crippen molar-refractivity contribution in [2.24, 2.45) is 11.8 Å². The Labute approximate surface area is 134 Å². The lowest BCUT2D eigenvalue weighted by molar-refractivity contribution is -0.137. The zero-order chi connectivity index (χ0) is 17.2. The molecule has 3 unspecified atom stereocenters. The summed E-state index contributed by atoms with van der Waals surface area (Å²) in [7, 11) is 0. The fraction of sp³-hybridized carbons (Fsp3) is 0.588. The van der Waals surface area contributed by atoms with E-state index in [0.717, 1.165) is 18.6 Å². The molecule has 3 nitrogen and oxygen atoms in total. The molecule has 0 radical (unpaired) electrons. The molecule has 1 fully saturated rings. The number of amides is 1. The van der Waals surface area contributed by atoms with Crippen molar-refractivity contribution >= 4 is 5.91 Å². The molecule has 6 heteroatoms. The number of nitrogens with zero attached hydrogens (tertiary/aromatic N) is 1. The molecule has 0 saturated carbocycles. The maximum Gasteiger partial charge on any atom is 0.416 e. The van der Waals surface area contributed by atoms with Gasteiger partial charge in [-0.25, -0.2) is 0 Å². The van der Waals surface area contributed by atoms with Crippen LogP contribution in [0.5, 0.6) is 0 Å². The first-order chi connectivity index (χ1) is 10.7. The summed E-state index contributed by atoms with van der Waals surface area (Å²) in [5.41, 5.74) is -0.183. The fourth-order valence-electron chi connectivity index (χ4n) is 3.01. The molecular weight excluding hydrogens is 307 g/mol. The van der Waals surface area contributed by atoms with Crippen molar-refractivity contribution < 1.29 is 23.1 Å². The van der Waals surface area contributed by atoms with Gasteiger partial charge in [0, 0.05) is 24.9 Å². The fourth-order valence-corrected chi connectivity index (χ4v) is 3.01. The van der Waals surface area contributed by atoms with Crippen molar-refractivity contribution in [2.75, 3.05) is 13.1 Å². The molecule has 1 N–H and O–H groups in total. The van der Waals surface area contributed by atoms with E-state index >= 15 is 0 Å². The van der Waals surface area contributed by atoms with Crippen molar-refractivity contribution in [3.8, 4) is 0 Å². The molecule has 1 amide bonds. The topological polar surface area (TPSA) is 40.5 Å². The lowest BCUT2D eigenvalue weighted by Crippen LogP contribution is -2.35. The van der Waals surface area contributed by atoms with E-state index in [0.29, 0.717) is 18.7 Å². The Bertz CT molecular complexity index is 557. The molecule has 1 saturated heterocycles. The van der Waals surface area contributed by atoms with Crippen LogP contribution < -0.4 is 0 Å². The first kappa shape index (κ1) is 17.8. The average Bonchev–Trinajstić information content (AvgIpc) is 2.95. The molecule has 1 heterocycles. The molecule has 0 spiro atoms. The number of aliphatic hydroxyl groups is 1. The number of carbonyl (C=O) groups excluding carboxylic acids is 1. The molecular formula is C17H22F3NO2. The number of alkyl halides is 3. The molecule has 1 aliphatic heterocycles. The third kappa shape index (κ3) is 4.47. The summed E-state index contributed by atoms with van der Waals surface area (Å²) >= 11 is 0. The van der Waals surface area contributed by atoms with Crippen molar-refractivity contribution in [1.82, 2.24) is 4.90 Å². The SMILES string of the molecule is CC(Cc1cccc(C(F)(F)F)c1)C(=O)N1CCC(C(C)O)C1. The van der Waals surface area contributed by atoms with Gasteiger partial charge in [-0.3, -0.25) is 4.79 Å². The van der Waals surface area contributed by atoms with Gasteiger partial charge >= 0.3 is 6.18 Å². The first-order valence-corrected chi connectivity index (χ1v) is 7.81. The van der Waals surface area contributed by atoms with Crippen LogP contribution >= 0.6 is 0 Å². The summed E-state index contributed by atoms with van der Waals surface area (Å²) < 4.78 is 38.2. The molecule has 1 aromatic rings. The van der Waals surface area contributed by atoms with Gasteiger partial charge in [0.25, 0.3) is 0 Å². The van der Waals surface area contributed by atoms with E-state index in [1.54, 1.807) is 24.8 Å². The molecule has 128 valence electrons. The maximum absolute atomic E-state index is 12.7. The molecule has 0 bridgehead atoms. The minimum absolute atomic E-state index is 0.0643. The maximum atomic E-state index is 12.7. The van der Waals surface area contributed by atoms with Gasteiger partial charge in [-0.2, -0.15) is 13.2 Å². The largest absolute Gasteiger partial charge is 0.416 e. The van der Waals surface area contributed by atoms with E-state index in [2.05, 4.69) is 0 Å². The highest BCUT2D eigenvalue weighted by molar-refractivity contribution is 5.79. The predicted molar refractivity (Wildman–Crippen MR) is 80.7 cm³/mol.